The summed E-state index contributed by atoms with van der Waals surface area (Å²) in [7, 11) is 0. The molecule has 0 radical (unpaired) electrons. The number of hydrogen-bond acceptors (Lipinski definition) is 3. The zero-order valence-electron chi connectivity index (χ0n) is 11.4. The Morgan fingerprint density at radius 1 is 0.952 bits per heavy atom. The van der Waals surface area contributed by atoms with Gasteiger partial charge in [0.2, 0.25) is 0 Å². The van der Waals surface area contributed by atoms with E-state index < -0.39 is 0 Å². The molecule has 0 saturated carbocycles. The fraction of sp³-hybridized carbons (Fsp3) is 0.176. The molecule has 1 aliphatic rings. The van der Waals surface area contributed by atoms with Gasteiger partial charge in [0.15, 0.2) is 11.5 Å². The molecule has 2 aromatic carbocycles. The zero-order valence-corrected chi connectivity index (χ0v) is 12.1. The molecule has 2 aromatic rings. The van der Waals surface area contributed by atoms with Gasteiger partial charge < -0.3 is 14.6 Å². The first-order valence-electron chi connectivity index (χ1n) is 6.78. The molecule has 0 saturated heterocycles. The topological polar surface area (TPSA) is 38.7 Å². The lowest BCUT2D eigenvalue weighted by Gasteiger charge is -2.07. The van der Waals surface area contributed by atoms with Gasteiger partial charge >= 0.3 is 0 Å². The molecule has 0 aromatic heterocycles. The molecule has 0 bridgehead atoms. The fourth-order valence-electron chi connectivity index (χ4n) is 2.13. The Morgan fingerprint density at radius 3 is 2.62 bits per heavy atom. The predicted molar refractivity (Wildman–Crippen MR) is 84.1 cm³/mol. The highest BCUT2D eigenvalue weighted by Crippen LogP contribution is 2.31. The third kappa shape index (κ3) is 3.31. The smallest absolute Gasteiger partial charge is 0.161 e. The van der Waals surface area contributed by atoms with Gasteiger partial charge in [0.1, 0.15) is 5.75 Å². The van der Waals surface area contributed by atoms with E-state index >= 15 is 0 Å². The van der Waals surface area contributed by atoms with E-state index in [0.29, 0.717) is 23.8 Å². The molecule has 0 amide bonds. The lowest BCUT2D eigenvalue weighted by atomic mass is 10.1. The minimum Gasteiger partial charge on any atom is -0.507 e. The Hall–Kier alpha value is -2.13. The van der Waals surface area contributed by atoms with Crippen LogP contribution in [0.4, 0.5) is 0 Å². The molecular weight excluding hydrogens is 288 g/mol. The molecule has 4 heteroatoms. The van der Waals surface area contributed by atoms with Crippen LogP contribution in [0, 0.1) is 0 Å². The molecule has 0 unspecified atom stereocenters. The molecule has 1 heterocycles. The van der Waals surface area contributed by atoms with E-state index in [0.717, 1.165) is 23.5 Å². The summed E-state index contributed by atoms with van der Waals surface area (Å²) in [6.45, 7) is 1.34. The predicted octanol–water partition coefficient (Wildman–Crippen LogP) is 4.38. The summed E-state index contributed by atoms with van der Waals surface area (Å²) >= 11 is 5.93. The van der Waals surface area contributed by atoms with Crippen molar-refractivity contribution >= 4 is 23.8 Å². The summed E-state index contributed by atoms with van der Waals surface area (Å²) in [4.78, 5) is 0. The van der Waals surface area contributed by atoms with Gasteiger partial charge in [-0.15, -0.1) is 0 Å². The van der Waals surface area contributed by atoms with Crippen molar-refractivity contribution in [3.05, 3.63) is 52.5 Å². The quantitative estimate of drug-likeness (QED) is 0.837. The number of aromatic hydroxyl groups is 1. The van der Waals surface area contributed by atoms with Gasteiger partial charge in [-0.3, -0.25) is 0 Å². The normalized spacial score (nSPS) is 14.1. The van der Waals surface area contributed by atoms with Crippen molar-refractivity contribution < 1.29 is 14.6 Å². The summed E-state index contributed by atoms with van der Waals surface area (Å²) < 4.78 is 11.2. The number of ether oxygens (including phenoxy) is 2. The van der Waals surface area contributed by atoms with Crippen LogP contribution < -0.4 is 9.47 Å². The highest BCUT2D eigenvalue weighted by atomic mass is 35.5. The molecule has 108 valence electrons. The van der Waals surface area contributed by atoms with Crippen molar-refractivity contribution in [1.29, 1.82) is 0 Å². The number of hydrogen-bond donors (Lipinski definition) is 1. The maximum absolute atomic E-state index is 9.79. The third-order valence-electron chi connectivity index (χ3n) is 3.22. The Morgan fingerprint density at radius 2 is 1.76 bits per heavy atom. The molecule has 21 heavy (non-hydrogen) atoms. The molecule has 1 N–H and O–H groups in total. The molecule has 0 aliphatic carbocycles. The second-order valence-electron chi connectivity index (χ2n) is 4.79. The minimum absolute atomic E-state index is 0.199. The van der Waals surface area contributed by atoms with Crippen molar-refractivity contribution in [2.75, 3.05) is 13.2 Å². The van der Waals surface area contributed by atoms with E-state index in [4.69, 9.17) is 21.1 Å². The van der Waals surface area contributed by atoms with Crippen LogP contribution >= 0.6 is 11.6 Å². The maximum Gasteiger partial charge on any atom is 0.161 e. The van der Waals surface area contributed by atoms with Crippen LogP contribution in [-0.2, 0) is 0 Å². The van der Waals surface area contributed by atoms with Gasteiger partial charge in [0.25, 0.3) is 0 Å². The van der Waals surface area contributed by atoms with E-state index in [9.17, 15) is 5.11 Å². The van der Waals surface area contributed by atoms with Crippen LogP contribution in [0.15, 0.2) is 36.4 Å². The highest BCUT2D eigenvalue weighted by molar-refractivity contribution is 6.30. The molecule has 0 fully saturated rings. The largest absolute Gasteiger partial charge is 0.507 e. The first-order chi connectivity index (χ1) is 10.2. The summed E-state index contributed by atoms with van der Waals surface area (Å²) in [5.74, 6) is 1.73. The Kier molecular flexibility index (Phi) is 4.02. The van der Waals surface area contributed by atoms with Crippen LogP contribution in [0.5, 0.6) is 17.2 Å². The third-order valence-corrected chi connectivity index (χ3v) is 3.45. The van der Waals surface area contributed by atoms with Crippen molar-refractivity contribution in [3.8, 4) is 17.2 Å². The van der Waals surface area contributed by atoms with Crippen LogP contribution in [0.3, 0.4) is 0 Å². The van der Waals surface area contributed by atoms with Crippen LogP contribution in [0.2, 0.25) is 5.02 Å². The van der Waals surface area contributed by atoms with E-state index in [2.05, 4.69) is 0 Å². The summed E-state index contributed by atoms with van der Waals surface area (Å²) in [6, 6.07) is 10.7. The van der Waals surface area contributed by atoms with Gasteiger partial charge in [-0.1, -0.05) is 29.8 Å². The van der Waals surface area contributed by atoms with Gasteiger partial charge in [-0.05, 0) is 35.9 Å². The first kappa shape index (κ1) is 13.8. The monoisotopic (exact) mass is 302 g/mol. The summed E-state index contributed by atoms with van der Waals surface area (Å²) in [6.07, 6.45) is 4.61. The maximum atomic E-state index is 9.79. The SMILES string of the molecule is Oc1ccc(Cl)cc1/C=C/c1ccc2c(c1)OCCCO2. The van der Waals surface area contributed by atoms with Gasteiger partial charge in [0.05, 0.1) is 13.2 Å². The first-order valence-corrected chi connectivity index (χ1v) is 7.16. The number of fused-ring (bicyclic) bond motifs is 1. The van der Waals surface area contributed by atoms with E-state index in [-0.39, 0.29) is 5.75 Å². The molecule has 3 rings (SSSR count). The fourth-order valence-corrected chi connectivity index (χ4v) is 2.31. The van der Waals surface area contributed by atoms with Crippen molar-refractivity contribution in [2.24, 2.45) is 0 Å². The van der Waals surface area contributed by atoms with Crippen molar-refractivity contribution in [3.63, 3.8) is 0 Å². The molecular formula is C17H15ClO3. The number of phenols is 1. The van der Waals surface area contributed by atoms with E-state index in [1.165, 1.54) is 0 Å². The Bertz CT molecular complexity index is 680. The number of rotatable bonds is 2. The molecule has 0 spiro atoms. The van der Waals surface area contributed by atoms with Crippen molar-refractivity contribution in [2.45, 2.75) is 6.42 Å². The second-order valence-corrected chi connectivity index (χ2v) is 5.23. The van der Waals surface area contributed by atoms with Gasteiger partial charge in [-0.2, -0.15) is 0 Å². The number of benzene rings is 2. The highest BCUT2D eigenvalue weighted by Gasteiger charge is 2.09. The van der Waals surface area contributed by atoms with Crippen LogP contribution in [0.25, 0.3) is 12.2 Å². The zero-order chi connectivity index (χ0) is 14.7. The molecule has 3 nitrogen and oxygen atoms in total. The summed E-state index contributed by atoms with van der Waals surface area (Å²) in [5.41, 5.74) is 1.65. The number of halogens is 1. The minimum atomic E-state index is 0.199. The summed E-state index contributed by atoms with van der Waals surface area (Å²) in [5, 5.41) is 10.4. The van der Waals surface area contributed by atoms with Gasteiger partial charge in [0, 0.05) is 17.0 Å². The molecule has 1 aliphatic heterocycles. The van der Waals surface area contributed by atoms with E-state index in [1.54, 1.807) is 18.2 Å². The lowest BCUT2D eigenvalue weighted by molar-refractivity contribution is 0.297. The molecule has 0 atom stereocenters. The second kappa shape index (κ2) is 6.10. The lowest BCUT2D eigenvalue weighted by Crippen LogP contribution is -1.97. The average molecular weight is 303 g/mol. The standard InChI is InChI=1S/C17H15ClO3/c18-14-5-6-15(19)13(11-14)4-2-12-3-7-16-17(10-12)21-9-1-8-20-16/h2-7,10-11,19H,1,8-9H2/b4-2+. The van der Waals surface area contributed by atoms with Gasteiger partial charge in [-0.25, -0.2) is 0 Å². The van der Waals surface area contributed by atoms with Crippen molar-refractivity contribution in [1.82, 2.24) is 0 Å². The Balaban J connectivity index is 1.86. The average Bonchev–Trinajstić information content (AvgIpc) is 2.73. The van der Waals surface area contributed by atoms with E-state index in [1.807, 2.05) is 30.4 Å². The van der Waals surface area contributed by atoms with Crippen LogP contribution in [-0.4, -0.2) is 18.3 Å². The van der Waals surface area contributed by atoms with Crippen LogP contribution in [0.1, 0.15) is 17.5 Å². The number of phenolic OH excluding ortho intramolecular Hbond substituents is 1. The Labute approximate surface area is 128 Å².